The molecule has 2 nitrogen and oxygen atoms in total. The number of hydrogen-bond acceptors (Lipinski definition) is 2. The summed E-state index contributed by atoms with van der Waals surface area (Å²) >= 11 is 0. The first-order chi connectivity index (χ1) is 11.9. The minimum Gasteiger partial charge on any atom is -0.372 e. The van der Waals surface area contributed by atoms with Gasteiger partial charge in [0.2, 0.25) is 0 Å². The van der Waals surface area contributed by atoms with Gasteiger partial charge in [0.1, 0.15) is 5.78 Å². The number of ketones is 1. The van der Waals surface area contributed by atoms with E-state index in [-0.39, 0.29) is 17.1 Å². The zero-order valence-corrected chi connectivity index (χ0v) is 16.6. The van der Waals surface area contributed by atoms with Gasteiger partial charge in [-0.25, -0.2) is 0 Å². The molecule has 3 fully saturated rings. The summed E-state index contributed by atoms with van der Waals surface area (Å²) in [5.41, 5.74) is 1.62. The maximum atomic E-state index is 13.4. The van der Waals surface area contributed by atoms with Crippen molar-refractivity contribution in [2.75, 3.05) is 0 Å². The predicted molar refractivity (Wildman–Crippen MR) is 101 cm³/mol. The Labute approximate surface area is 153 Å². The molecule has 2 heteroatoms. The molecule has 0 spiro atoms. The first kappa shape index (κ1) is 17.8. The Morgan fingerprint density at radius 1 is 1.20 bits per heavy atom. The van der Waals surface area contributed by atoms with Crippen molar-refractivity contribution in [1.29, 1.82) is 0 Å². The molecule has 0 N–H and O–H groups in total. The van der Waals surface area contributed by atoms with Crippen LogP contribution in [0.2, 0.25) is 0 Å². The van der Waals surface area contributed by atoms with Crippen molar-refractivity contribution in [2.24, 2.45) is 29.1 Å². The number of ether oxygens (including phenoxy) is 1. The molecule has 0 saturated heterocycles. The van der Waals surface area contributed by atoms with Crippen LogP contribution >= 0.6 is 0 Å². The third-order valence-electron chi connectivity index (χ3n) is 7.93. The summed E-state index contributed by atoms with van der Waals surface area (Å²) in [6.45, 7) is 8.80. The monoisotopic (exact) mass is 344 g/mol. The van der Waals surface area contributed by atoms with E-state index in [9.17, 15) is 4.79 Å². The van der Waals surface area contributed by atoms with Gasteiger partial charge in [-0.05, 0) is 89.9 Å². The van der Waals surface area contributed by atoms with Crippen LogP contribution in [0.15, 0.2) is 11.6 Å². The highest BCUT2D eigenvalue weighted by atomic mass is 16.5. The number of fused-ring (bicyclic) bond motifs is 5. The molecule has 0 aromatic rings. The van der Waals surface area contributed by atoms with Crippen LogP contribution in [-0.4, -0.2) is 17.5 Å². The third kappa shape index (κ3) is 2.83. The zero-order valence-electron chi connectivity index (χ0n) is 16.6. The maximum absolute atomic E-state index is 13.4. The van der Waals surface area contributed by atoms with E-state index >= 15 is 0 Å². The minimum atomic E-state index is -0.118. The summed E-state index contributed by atoms with van der Waals surface area (Å²) in [7, 11) is 0. The van der Waals surface area contributed by atoms with Crippen LogP contribution in [0.5, 0.6) is 0 Å². The third-order valence-corrected chi connectivity index (χ3v) is 7.93. The number of rotatable bonds is 2. The van der Waals surface area contributed by atoms with E-state index in [1.165, 1.54) is 38.5 Å². The Kier molecular flexibility index (Phi) is 4.42. The normalized spacial score (nSPS) is 43.9. The Bertz CT molecular complexity index is 569. The highest BCUT2D eigenvalue weighted by Crippen LogP contribution is 2.63. The average Bonchev–Trinajstić information content (AvgIpc) is 2.91. The molecule has 0 unspecified atom stereocenters. The predicted octanol–water partition coefficient (Wildman–Crippen LogP) is 5.70. The van der Waals surface area contributed by atoms with Crippen molar-refractivity contribution in [3.63, 3.8) is 0 Å². The topological polar surface area (TPSA) is 26.3 Å². The Balaban J connectivity index is 1.65. The number of carbonyl (C=O) groups excluding carboxylic acids is 1. The first-order valence-corrected chi connectivity index (χ1v) is 10.7. The molecule has 0 radical (unpaired) electrons. The van der Waals surface area contributed by atoms with Crippen LogP contribution < -0.4 is 0 Å². The molecule has 25 heavy (non-hydrogen) atoms. The van der Waals surface area contributed by atoms with Crippen LogP contribution in [-0.2, 0) is 9.53 Å². The van der Waals surface area contributed by atoms with E-state index in [0.29, 0.717) is 29.5 Å². The molecular weight excluding hydrogens is 308 g/mol. The second-order valence-corrected chi connectivity index (χ2v) is 10.2. The van der Waals surface area contributed by atoms with Crippen molar-refractivity contribution in [2.45, 2.75) is 97.2 Å². The molecule has 0 aromatic carbocycles. The Morgan fingerprint density at radius 3 is 2.72 bits per heavy atom. The second-order valence-electron chi connectivity index (χ2n) is 10.2. The van der Waals surface area contributed by atoms with E-state index in [0.717, 1.165) is 19.3 Å². The summed E-state index contributed by atoms with van der Waals surface area (Å²) in [4.78, 5) is 13.4. The van der Waals surface area contributed by atoms with Gasteiger partial charge in [-0.1, -0.05) is 18.6 Å². The molecule has 4 rings (SSSR count). The molecule has 4 aliphatic rings. The van der Waals surface area contributed by atoms with E-state index in [2.05, 4.69) is 33.8 Å². The molecule has 0 heterocycles. The number of allylic oxidation sites excluding steroid dienone is 2. The first-order valence-electron chi connectivity index (χ1n) is 10.7. The SMILES string of the molecule is CC[C@]12CC(=O)[C@H]3[C@@H](CCC4=CCCC[C@@H]43)[C@@H]1CC[C@@H]2OC(C)(C)C. The van der Waals surface area contributed by atoms with Crippen LogP contribution in [0.1, 0.15) is 85.5 Å². The highest BCUT2D eigenvalue weighted by molar-refractivity contribution is 5.84. The lowest BCUT2D eigenvalue weighted by Gasteiger charge is -2.54. The van der Waals surface area contributed by atoms with E-state index < -0.39 is 0 Å². The molecular formula is C23H36O2. The van der Waals surface area contributed by atoms with Gasteiger partial charge in [-0.2, -0.15) is 0 Å². The smallest absolute Gasteiger partial charge is 0.137 e. The van der Waals surface area contributed by atoms with Crippen molar-refractivity contribution >= 4 is 5.78 Å². The fourth-order valence-electron chi connectivity index (χ4n) is 7.08. The Morgan fingerprint density at radius 2 is 2.00 bits per heavy atom. The summed E-state index contributed by atoms with van der Waals surface area (Å²) in [6.07, 6.45) is 13.3. The molecule has 0 amide bonds. The molecule has 6 atom stereocenters. The summed E-state index contributed by atoms with van der Waals surface area (Å²) in [5, 5.41) is 0. The molecule has 0 aliphatic heterocycles. The summed E-state index contributed by atoms with van der Waals surface area (Å²) in [6, 6.07) is 0. The summed E-state index contributed by atoms with van der Waals surface area (Å²) < 4.78 is 6.53. The van der Waals surface area contributed by atoms with Gasteiger partial charge in [0.05, 0.1) is 11.7 Å². The fraction of sp³-hybridized carbons (Fsp3) is 0.870. The molecule has 0 aromatic heterocycles. The standard InChI is InChI=1S/C23H36O2/c1-5-23-14-19(24)21-16-9-7-6-8-15(16)10-11-17(21)18(23)12-13-20(23)25-22(2,3)4/h8,16-18,20-21H,5-7,9-14H2,1-4H3/t16-,17-,18-,20-,21+,23-/m0/s1. The second kappa shape index (κ2) is 6.22. The fourth-order valence-corrected chi connectivity index (χ4v) is 7.08. The zero-order chi connectivity index (χ0) is 17.8. The number of carbonyl (C=O) groups is 1. The molecule has 3 saturated carbocycles. The van der Waals surface area contributed by atoms with Gasteiger partial charge < -0.3 is 4.74 Å². The lowest BCUT2D eigenvalue weighted by atomic mass is 9.50. The van der Waals surface area contributed by atoms with Crippen LogP contribution in [0.25, 0.3) is 0 Å². The van der Waals surface area contributed by atoms with Gasteiger partial charge in [0, 0.05) is 17.8 Å². The van der Waals surface area contributed by atoms with Crippen LogP contribution in [0.4, 0.5) is 0 Å². The van der Waals surface area contributed by atoms with Gasteiger partial charge in [0.25, 0.3) is 0 Å². The number of Topliss-reactive ketones (excluding diaryl/α,β-unsaturated/α-hetero) is 1. The van der Waals surface area contributed by atoms with Crippen molar-refractivity contribution in [1.82, 2.24) is 0 Å². The highest BCUT2D eigenvalue weighted by Gasteiger charge is 2.61. The quantitative estimate of drug-likeness (QED) is 0.600. The van der Waals surface area contributed by atoms with Crippen molar-refractivity contribution < 1.29 is 9.53 Å². The minimum absolute atomic E-state index is 0.113. The molecule has 140 valence electrons. The largest absolute Gasteiger partial charge is 0.372 e. The van der Waals surface area contributed by atoms with Gasteiger partial charge in [-0.15, -0.1) is 0 Å². The van der Waals surface area contributed by atoms with Gasteiger partial charge >= 0.3 is 0 Å². The van der Waals surface area contributed by atoms with Gasteiger partial charge in [-0.3, -0.25) is 4.79 Å². The van der Waals surface area contributed by atoms with E-state index in [1.54, 1.807) is 5.57 Å². The number of hydrogen-bond donors (Lipinski definition) is 0. The van der Waals surface area contributed by atoms with E-state index in [1.807, 2.05) is 0 Å². The average molecular weight is 345 g/mol. The lowest BCUT2D eigenvalue weighted by Crippen LogP contribution is -2.54. The van der Waals surface area contributed by atoms with Gasteiger partial charge in [0.15, 0.2) is 0 Å². The maximum Gasteiger partial charge on any atom is 0.137 e. The van der Waals surface area contributed by atoms with Crippen molar-refractivity contribution in [3.05, 3.63) is 11.6 Å². The lowest BCUT2D eigenvalue weighted by molar-refractivity contribution is -0.160. The van der Waals surface area contributed by atoms with E-state index in [4.69, 9.17) is 4.74 Å². The molecule has 4 aliphatic carbocycles. The van der Waals surface area contributed by atoms with Crippen LogP contribution in [0.3, 0.4) is 0 Å². The Hall–Kier alpha value is -0.630. The van der Waals surface area contributed by atoms with Crippen molar-refractivity contribution in [3.8, 4) is 0 Å². The molecule has 0 bridgehead atoms. The summed E-state index contributed by atoms with van der Waals surface area (Å²) in [5.74, 6) is 2.81. The van der Waals surface area contributed by atoms with Crippen LogP contribution in [0, 0.1) is 29.1 Å².